The monoisotopic (exact) mass is 1080 g/mol. The molecule has 0 radical (unpaired) electrons. The van der Waals surface area contributed by atoms with Gasteiger partial charge in [-0.3, -0.25) is 28.7 Å². The van der Waals surface area contributed by atoms with E-state index in [0.29, 0.717) is 41.1 Å². The number of anilines is 1. The maximum atomic E-state index is 14.1. The molecule has 5 atom stereocenters. The minimum absolute atomic E-state index is 0.0194. The van der Waals surface area contributed by atoms with Gasteiger partial charge in [-0.2, -0.15) is 0 Å². The number of rotatable bonds is 20. The predicted octanol–water partition coefficient (Wildman–Crippen LogP) is 8.43. The van der Waals surface area contributed by atoms with Crippen LogP contribution in [0.15, 0.2) is 83.3 Å². The summed E-state index contributed by atoms with van der Waals surface area (Å²) in [5.41, 5.74) is 8.30. The summed E-state index contributed by atoms with van der Waals surface area (Å²) in [4.78, 5) is 67.8. The van der Waals surface area contributed by atoms with Crippen LogP contribution >= 0.6 is 34.3 Å². The highest BCUT2D eigenvalue weighted by molar-refractivity contribution is 7.15. The van der Waals surface area contributed by atoms with Gasteiger partial charge in [0.15, 0.2) is 5.82 Å². The zero-order chi connectivity index (χ0) is 53.6. The number of hydrogen-bond acceptors (Lipinski definition) is 14. The number of amides is 4. The van der Waals surface area contributed by atoms with Crippen molar-refractivity contribution in [3.8, 4) is 21.2 Å². The van der Waals surface area contributed by atoms with Crippen molar-refractivity contribution in [2.75, 3.05) is 44.9 Å². The van der Waals surface area contributed by atoms with E-state index < -0.39 is 41.5 Å². The van der Waals surface area contributed by atoms with Crippen molar-refractivity contribution in [3.05, 3.63) is 128 Å². The number of aliphatic hydroxyl groups excluding tert-OH is 1. The fourth-order valence-corrected chi connectivity index (χ4v) is 11.3. The molecule has 4 amide bonds. The average molecular weight is 1080 g/mol. The number of β-amino-alcohol motifs (C(OH)–C–C–N with tert-alkyl or cyclic N) is 1. The maximum absolute atomic E-state index is 14.1. The van der Waals surface area contributed by atoms with Gasteiger partial charge in [-0.05, 0) is 87.4 Å². The Labute approximate surface area is 450 Å². The number of aliphatic hydroxyl groups is 1. The fourth-order valence-electron chi connectivity index (χ4n) is 9.15. The molecule has 1 fully saturated rings. The van der Waals surface area contributed by atoms with Gasteiger partial charge in [0.1, 0.15) is 47.9 Å². The van der Waals surface area contributed by atoms with Gasteiger partial charge in [-0.25, -0.2) is 4.98 Å². The molecule has 0 aliphatic carbocycles. The second-order valence-corrected chi connectivity index (χ2v) is 22.4. The molecule has 1 saturated heterocycles. The van der Waals surface area contributed by atoms with Crippen LogP contribution in [0.5, 0.6) is 5.75 Å². The number of carbonyl (C=O) groups is 4. The number of nitrogens with one attached hydrogen (secondary N) is 3. The number of nitrogens with zero attached hydrogens (tertiary/aromatic N) is 6. The van der Waals surface area contributed by atoms with E-state index in [2.05, 4.69) is 45.0 Å². The SMILES string of the molecule is Cc1ncsc1-c1ccc([C@H](C)NC(=O)[C@@H]2C[C@@H](O)CN2C(=O)[C@@H](NC(=O)COCCCOCCOc2cccc(NC(=O)CC3N=C(c4ccc(Cl)cc4)c4c(sc(C)c4C)-n4c(C)nnc43)c2)C(C)(C)C)cc1. The molecule has 1 unspecified atom stereocenters. The number of aromatic nitrogens is 4. The van der Waals surface area contributed by atoms with E-state index in [0.717, 1.165) is 54.0 Å². The number of hydrogen-bond donors (Lipinski definition) is 4. The van der Waals surface area contributed by atoms with Gasteiger partial charge >= 0.3 is 0 Å². The molecule has 0 bridgehead atoms. The molecule has 0 saturated carbocycles. The summed E-state index contributed by atoms with van der Waals surface area (Å²) >= 11 is 9.48. The first-order valence-electron chi connectivity index (χ1n) is 25.0. The highest BCUT2D eigenvalue weighted by atomic mass is 35.5. The Morgan fingerprint density at radius 1 is 0.893 bits per heavy atom. The quantitative estimate of drug-likeness (QED) is 0.0533. The summed E-state index contributed by atoms with van der Waals surface area (Å²) in [6, 6.07) is 19.7. The van der Waals surface area contributed by atoms with Gasteiger partial charge in [0, 0.05) is 59.0 Å². The Morgan fingerprint density at radius 3 is 2.35 bits per heavy atom. The Balaban J connectivity index is 0.758. The normalized spacial score (nSPS) is 17.1. The number of thiazole rings is 1. The number of likely N-dealkylation sites (tertiary alicyclic amines) is 1. The maximum Gasteiger partial charge on any atom is 0.246 e. The lowest BCUT2D eigenvalue weighted by atomic mass is 9.85. The summed E-state index contributed by atoms with van der Waals surface area (Å²) in [6.45, 7) is 16.2. The molecular weight excluding hydrogens is 1010 g/mol. The molecule has 6 aromatic rings. The van der Waals surface area contributed by atoms with Crippen LogP contribution in [0.2, 0.25) is 5.02 Å². The van der Waals surface area contributed by atoms with Gasteiger partial charge in [0.2, 0.25) is 23.6 Å². The molecule has 3 aromatic carbocycles. The van der Waals surface area contributed by atoms with E-state index >= 15 is 0 Å². The number of aliphatic imine (C=N–C) groups is 1. The zero-order valence-electron chi connectivity index (χ0n) is 43.4. The average Bonchev–Trinajstić information content (AvgIpc) is 4.16. The van der Waals surface area contributed by atoms with Gasteiger partial charge in [-0.15, -0.1) is 32.9 Å². The van der Waals surface area contributed by atoms with Gasteiger partial charge in [-0.1, -0.05) is 74.8 Å². The Hall–Kier alpha value is -6.35. The van der Waals surface area contributed by atoms with Crippen LogP contribution in [-0.2, 0) is 28.7 Å². The second kappa shape index (κ2) is 24.1. The van der Waals surface area contributed by atoms with E-state index in [1.54, 1.807) is 46.9 Å². The van der Waals surface area contributed by atoms with Crippen molar-refractivity contribution < 1.29 is 38.5 Å². The standard InChI is InChI=1S/C55H64ClN9O8S2/c1-31-34(4)75-54-47(31)48(37-17-19-39(56)20-18-37)60-43(51-63-62-35(5)65(51)54)27-45(67)59-40-11-9-12-42(25-40)73-24-23-71-21-10-22-72-29-46(68)61-50(55(6,7)8)53(70)64-28-41(66)26-44(64)52(69)58-32(2)36-13-15-38(16-14-36)49-33(3)57-30-74-49/h9,11-20,25,30,32,41,43-44,50,66H,10,21-24,26-29H2,1-8H3,(H,58,69)(H,59,67)(H,61,68)/t32-,41+,43?,44-,50+/m0/s1. The van der Waals surface area contributed by atoms with Crippen molar-refractivity contribution in [1.29, 1.82) is 0 Å². The molecule has 4 N–H and O–H groups in total. The molecule has 17 nitrogen and oxygen atoms in total. The number of thiophene rings is 1. The number of benzene rings is 3. The third-order valence-corrected chi connectivity index (χ3v) is 15.6. The number of carbonyl (C=O) groups excluding carboxylic acids is 4. The van der Waals surface area contributed by atoms with Gasteiger partial charge < -0.3 is 40.2 Å². The smallest absolute Gasteiger partial charge is 0.246 e. The Kier molecular flexibility index (Phi) is 17.6. The van der Waals surface area contributed by atoms with Crippen LogP contribution in [0.4, 0.5) is 5.69 Å². The van der Waals surface area contributed by atoms with E-state index in [9.17, 15) is 24.3 Å². The van der Waals surface area contributed by atoms with Gasteiger partial charge in [0.05, 0.1) is 47.0 Å². The summed E-state index contributed by atoms with van der Waals surface area (Å²) in [7, 11) is 0. The third kappa shape index (κ3) is 13.2. The number of fused-ring (bicyclic) bond motifs is 3. The molecule has 0 spiro atoms. The minimum atomic E-state index is -0.983. The molecule has 3 aromatic heterocycles. The fraction of sp³-hybridized carbons (Fsp3) is 0.418. The molecule has 5 heterocycles. The predicted molar refractivity (Wildman–Crippen MR) is 291 cm³/mol. The third-order valence-electron chi connectivity index (χ3n) is 13.2. The van der Waals surface area contributed by atoms with Crippen LogP contribution in [0, 0.1) is 33.1 Å². The van der Waals surface area contributed by atoms with Crippen molar-refractivity contribution in [3.63, 3.8) is 0 Å². The second-order valence-electron chi connectivity index (χ2n) is 19.9. The lowest BCUT2D eigenvalue weighted by Gasteiger charge is -2.35. The van der Waals surface area contributed by atoms with Crippen molar-refractivity contribution in [2.24, 2.45) is 10.4 Å². The highest BCUT2D eigenvalue weighted by Gasteiger charge is 2.45. The number of aryl methyl sites for hydroxylation is 3. The van der Waals surface area contributed by atoms with Crippen LogP contribution in [0.1, 0.15) is 104 Å². The lowest BCUT2D eigenvalue weighted by molar-refractivity contribution is -0.144. The minimum Gasteiger partial charge on any atom is -0.491 e. The van der Waals surface area contributed by atoms with E-state index in [-0.39, 0.29) is 63.7 Å². The molecule has 20 heteroatoms. The first-order valence-corrected chi connectivity index (χ1v) is 27.1. The first kappa shape index (κ1) is 54.9. The van der Waals surface area contributed by atoms with Crippen molar-refractivity contribution >= 4 is 69.3 Å². The summed E-state index contributed by atoms with van der Waals surface area (Å²) in [5.74, 6) is 0.285. The van der Waals surface area contributed by atoms with Crippen LogP contribution in [-0.4, -0.2) is 117 Å². The zero-order valence-corrected chi connectivity index (χ0v) is 45.8. The van der Waals surface area contributed by atoms with Crippen LogP contribution in [0.3, 0.4) is 0 Å². The summed E-state index contributed by atoms with van der Waals surface area (Å²) in [6.07, 6.45) is -0.287. The van der Waals surface area contributed by atoms with E-state index in [1.165, 1.54) is 4.90 Å². The first-order chi connectivity index (χ1) is 35.9. The lowest BCUT2D eigenvalue weighted by Crippen LogP contribution is -2.58. The van der Waals surface area contributed by atoms with Gasteiger partial charge in [0.25, 0.3) is 0 Å². The van der Waals surface area contributed by atoms with Crippen LogP contribution < -0.4 is 20.7 Å². The van der Waals surface area contributed by atoms with E-state index in [1.807, 2.05) is 100 Å². The Morgan fingerprint density at radius 2 is 1.63 bits per heavy atom. The number of halogens is 1. The van der Waals surface area contributed by atoms with Crippen LogP contribution in [0.25, 0.3) is 15.4 Å². The highest BCUT2D eigenvalue weighted by Crippen LogP contribution is 2.40. The summed E-state index contributed by atoms with van der Waals surface area (Å²) in [5, 5.41) is 30.0. The number of ether oxygens (including phenoxy) is 3. The molecule has 2 aliphatic rings. The molecule has 8 rings (SSSR count). The van der Waals surface area contributed by atoms with Crippen molar-refractivity contribution in [1.82, 2.24) is 35.3 Å². The molecule has 2 aliphatic heterocycles. The topological polar surface area (TPSA) is 211 Å². The molecule has 75 heavy (non-hydrogen) atoms. The Bertz CT molecular complexity index is 3040. The summed E-state index contributed by atoms with van der Waals surface area (Å²) < 4.78 is 19.4. The molecule has 396 valence electrons. The largest absolute Gasteiger partial charge is 0.491 e. The molecular formula is C55H64ClN9O8S2. The van der Waals surface area contributed by atoms with Crippen molar-refractivity contribution in [2.45, 2.75) is 105 Å². The van der Waals surface area contributed by atoms with E-state index in [4.69, 9.17) is 30.8 Å².